The lowest BCUT2D eigenvalue weighted by Crippen LogP contribution is -2.44. The number of hydrogen-bond acceptors (Lipinski definition) is 4. The van der Waals surface area contributed by atoms with Gasteiger partial charge in [0, 0.05) is 19.6 Å². The molecule has 3 rings (SSSR count). The Morgan fingerprint density at radius 1 is 1.06 bits per heavy atom. The molecule has 1 amide bonds. The number of amides is 1. The normalized spacial score (nSPS) is 16.0. The van der Waals surface area contributed by atoms with E-state index in [-0.39, 0.29) is 18.5 Å². The van der Waals surface area contributed by atoms with Gasteiger partial charge in [-0.05, 0) is 57.0 Å². The highest BCUT2D eigenvalue weighted by Crippen LogP contribution is 2.24. The molecule has 2 heterocycles. The van der Waals surface area contributed by atoms with Crippen molar-refractivity contribution in [3.8, 4) is 0 Å². The number of furan rings is 1. The van der Waals surface area contributed by atoms with Crippen molar-refractivity contribution in [2.24, 2.45) is 4.99 Å². The summed E-state index contributed by atoms with van der Waals surface area (Å²) in [6, 6.07) is 14.3. The zero-order valence-electron chi connectivity index (χ0n) is 18.5. The van der Waals surface area contributed by atoms with Crippen LogP contribution in [0.3, 0.4) is 0 Å². The van der Waals surface area contributed by atoms with Crippen LogP contribution in [0.15, 0.2) is 58.1 Å². The van der Waals surface area contributed by atoms with Crippen molar-refractivity contribution in [2.45, 2.75) is 38.6 Å². The Hall–Kier alpha value is -2.80. The fourth-order valence-electron chi connectivity index (χ4n) is 3.85. The Balaban J connectivity index is 1.50. The molecule has 1 atom stereocenters. The number of nitrogens with zero attached hydrogens (tertiary/aromatic N) is 2. The van der Waals surface area contributed by atoms with Crippen molar-refractivity contribution >= 4 is 11.9 Å². The van der Waals surface area contributed by atoms with Crippen molar-refractivity contribution in [1.82, 2.24) is 20.9 Å². The van der Waals surface area contributed by atoms with Crippen LogP contribution in [0.25, 0.3) is 0 Å². The van der Waals surface area contributed by atoms with Gasteiger partial charge in [0.25, 0.3) is 0 Å². The highest BCUT2D eigenvalue weighted by Gasteiger charge is 2.24. The Morgan fingerprint density at radius 2 is 1.87 bits per heavy atom. The van der Waals surface area contributed by atoms with Crippen molar-refractivity contribution < 1.29 is 9.21 Å². The van der Waals surface area contributed by atoms with E-state index in [2.05, 4.69) is 38.0 Å². The second-order valence-corrected chi connectivity index (χ2v) is 7.79. The predicted octanol–water partition coefficient (Wildman–Crippen LogP) is 2.72. The maximum absolute atomic E-state index is 12.2. The zero-order valence-corrected chi connectivity index (χ0v) is 18.5. The second-order valence-electron chi connectivity index (χ2n) is 7.79. The Labute approximate surface area is 185 Å². The molecular weight excluding hydrogens is 390 g/mol. The molecule has 0 bridgehead atoms. The smallest absolute Gasteiger partial charge is 0.241 e. The van der Waals surface area contributed by atoms with E-state index >= 15 is 0 Å². The minimum atomic E-state index is -0.0771. The first-order valence-electron chi connectivity index (χ1n) is 11.4. The first kappa shape index (κ1) is 22.9. The summed E-state index contributed by atoms with van der Waals surface area (Å²) in [6.07, 6.45) is 6.27. The van der Waals surface area contributed by atoms with E-state index in [0.29, 0.717) is 19.0 Å². The molecule has 1 aliphatic rings. The molecule has 1 aromatic carbocycles. The van der Waals surface area contributed by atoms with Crippen LogP contribution >= 0.6 is 0 Å². The molecule has 3 N–H and O–H groups in total. The van der Waals surface area contributed by atoms with Gasteiger partial charge >= 0.3 is 0 Å². The topological polar surface area (TPSA) is 81.9 Å². The summed E-state index contributed by atoms with van der Waals surface area (Å²) in [5, 5.41) is 9.58. The molecule has 1 fully saturated rings. The van der Waals surface area contributed by atoms with Gasteiger partial charge in [-0.3, -0.25) is 9.69 Å². The van der Waals surface area contributed by atoms with Gasteiger partial charge in [0.1, 0.15) is 12.3 Å². The van der Waals surface area contributed by atoms with Crippen LogP contribution in [0.4, 0.5) is 0 Å². The van der Waals surface area contributed by atoms with Crippen LogP contribution in [0.1, 0.15) is 43.6 Å². The minimum absolute atomic E-state index is 0.0771. The number of nitrogens with one attached hydrogen (secondary N) is 3. The third kappa shape index (κ3) is 7.75. The molecule has 7 heteroatoms. The SMILES string of the molecule is CCNC(=NCC(=O)NCCc1ccccc1)NCC(c1ccco1)N1CCCCC1. The molecule has 1 aliphatic heterocycles. The first-order chi connectivity index (χ1) is 15.3. The summed E-state index contributed by atoms with van der Waals surface area (Å²) in [5.41, 5.74) is 1.21. The number of likely N-dealkylation sites (tertiary alicyclic amines) is 1. The van der Waals surface area contributed by atoms with E-state index in [4.69, 9.17) is 4.42 Å². The number of aliphatic imine (C=N–C) groups is 1. The van der Waals surface area contributed by atoms with E-state index in [1.807, 2.05) is 37.3 Å². The Bertz CT molecular complexity index is 786. The number of piperidine rings is 1. The maximum atomic E-state index is 12.2. The molecular formula is C24H35N5O2. The van der Waals surface area contributed by atoms with Crippen LogP contribution in [0.2, 0.25) is 0 Å². The molecule has 31 heavy (non-hydrogen) atoms. The molecule has 0 spiro atoms. The summed E-state index contributed by atoms with van der Waals surface area (Å²) in [5.74, 6) is 1.53. The van der Waals surface area contributed by atoms with Gasteiger partial charge < -0.3 is 20.4 Å². The molecule has 7 nitrogen and oxygen atoms in total. The molecule has 168 valence electrons. The lowest BCUT2D eigenvalue weighted by Gasteiger charge is -2.33. The average Bonchev–Trinajstić information content (AvgIpc) is 3.33. The molecule has 0 aliphatic carbocycles. The Morgan fingerprint density at radius 3 is 2.58 bits per heavy atom. The van der Waals surface area contributed by atoms with Gasteiger partial charge in [0.05, 0.1) is 12.3 Å². The van der Waals surface area contributed by atoms with E-state index in [1.165, 1.54) is 24.8 Å². The van der Waals surface area contributed by atoms with Crippen LogP contribution in [-0.4, -0.2) is 56.0 Å². The lowest BCUT2D eigenvalue weighted by atomic mass is 10.1. The van der Waals surface area contributed by atoms with Crippen LogP contribution < -0.4 is 16.0 Å². The molecule has 1 aromatic heterocycles. The van der Waals surface area contributed by atoms with Gasteiger partial charge in [-0.15, -0.1) is 0 Å². The number of hydrogen-bond donors (Lipinski definition) is 3. The number of carbonyl (C=O) groups is 1. The maximum Gasteiger partial charge on any atom is 0.241 e. The highest BCUT2D eigenvalue weighted by atomic mass is 16.3. The van der Waals surface area contributed by atoms with E-state index in [0.717, 1.165) is 31.8 Å². The number of rotatable bonds is 10. The highest BCUT2D eigenvalue weighted by molar-refractivity contribution is 5.84. The van der Waals surface area contributed by atoms with Gasteiger partial charge in [-0.2, -0.15) is 0 Å². The zero-order chi connectivity index (χ0) is 21.7. The quantitative estimate of drug-likeness (QED) is 0.403. The summed E-state index contributed by atoms with van der Waals surface area (Å²) in [4.78, 5) is 19.2. The third-order valence-corrected chi connectivity index (χ3v) is 5.47. The first-order valence-corrected chi connectivity index (χ1v) is 11.4. The largest absolute Gasteiger partial charge is 0.468 e. The van der Waals surface area contributed by atoms with E-state index in [1.54, 1.807) is 6.26 Å². The minimum Gasteiger partial charge on any atom is -0.468 e. The average molecular weight is 426 g/mol. The van der Waals surface area contributed by atoms with Gasteiger partial charge in [0.2, 0.25) is 5.91 Å². The van der Waals surface area contributed by atoms with Crippen LogP contribution in [-0.2, 0) is 11.2 Å². The Kier molecular flexibility index (Phi) is 9.44. The third-order valence-electron chi connectivity index (χ3n) is 5.47. The lowest BCUT2D eigenvalue weighted by molar-refractivity contribution is -0.119. The molecule has 0 saturated carbocycles. The van der Waals surface area contributed by atoms with Crippen molar-refractivity contribution in [2.75, 3.05) is 39.3 Å². The molecule has 1 saturated heterocycles. The standard InChI is InChI=1S/C24H35N5O2/c1-2-25-24(28-19-23(30)26-14-13-20-10-5-3-6-11-20)27-18-21(22-12-9-17-31-22)29-15-7-4-8-16-29/h3,5-6,9-12,17,21H,2,4,7-8,13-16,18-19H2,1H3,(H,26,30)(H2,25,27,28). The molecule has 0 radical (unpaired) electrons. The summed E-state index contributed by atoms with van der Waals surface area (Å²) < 4.78 is 5.71. The number of benzene rings is 1. The van der Waals surface area contributed by atoms with Crippen molar-refractivity contribution in [1.29, 1.82) is 0 Å². The fraction of sp³-hybridized carbons (Fsp3) is 0.500. The van der Waals surface area contributed by atoms with E-state index in [9.17, 15) is 4.79 Å². The number of carbonyl (C=O) groups excluding carboxylic acids is 1. The van der Waals surface area contributed by atoms with Crippen molar-refractivity contribution in [3.05, 3.63) is 60.1 Å². The van der Waals surface area contributed by atoms with Gasteiger partial charge in [0.15, 0.2) is 5.96 Å². The summed E-state index contributed by atoms with van der Waals surface area (Å²) in [6.45, 7) is 6.28. The predicted molar refractivity (Wildman–Crippen MR) is 124 cm³/mol. The molecule has 1 unspecified atom stereocenters. The van der Waals surface area contributed by atoms with Crippen LogP contribution in [0.5, 0.6) is 0 Å². The summed E-state index contributed by atoms with van der Waals surface area (Å²) in [7, 11) is 0. The number of guanidine groups is 1. The van der Waals surface area contributed by atoms with Gasteiger partial charge in [-0.1, -0.05) is 36.8 Å². The van der Waals surface area contributed by atoms with Gasteiger partial charge in [-0.25, -0.2) is 4.99 Å². The molecule has 2 aromatic rings. The van der Waals surface area contributed by atoms with E-state index < -0.39 is 0 Å². The fourth-order valence-corrected chi connectivity index (χ4v) is 3.85. The monoisotopic (exact) mass is 425 g/mol. The second kappa shape index (κ2) is 12.8. The summed E-state index contributed by atoms with van der Waals surface area (Å²) >= 11 is 0. The van der Waals surface area contributed by atoms with Crippen molar-refractivity contribution in [3.63, 3.8) is 0 Å². The van der Waals surface area contributed by atoms with Crippen LogP contribution in [0, 0.1) is 0 Å².